The van der Waals surface area contributed by atoms with Crippen molar-refractivity contribution in [1.82, 2.24) is 5.32 Å². The monoisotopic (exact) mass is 350 g/mol. The van der Waals surface area contributed by atoms with Gasteiger partial charge >= 0.3 is 5.63 Å². The zero-order valence-electron chi connectivity index (χ0n) is 12.9. The summed E-state index contributed by atoms with van der Waals surface area (Å²) >= 11 is 1.48. The number of hydrogen-bond acceptors (Lipinski definition) is 7. The number of thioether (sulfide) groups is 1. The predicted molar refractivity (Wildman–Crippen MR) is 87.9 cm³/mol. The second-order valence-corrected chi connectivity index (χ2v) is 5.95. The maximum atomic E-state index is 11.8. The number of carboxylic acid groups (broad SMARTS) is 1. The van der Waals surface area contributed by atoms with Crippen LogP contribution in [0.4, 0.5) is 0 Å². The molecular formula is C16H16NO6S-. The predicted octanol–water partition coefficient (Wildman–Crippen LogP) is 0.160. The molecule has 2 rings (SSSR count). The van der Waals surface area contributed by atoms with E-state index in [1.54, 1.807) is 18.2 Å². The van der Waals surface area contributed by atoms with Gasteiger partial charge in [-0.2, -0.15) is 11.8 Å². The van der Waals surface area contributed by atoms with Gasteiger partial charge in [-0.05, 0) is 36.6 Å². The SMILES string of the molecule is CSCC[C@@H](NC(=O)COc1ccc2ccc(=O)oc2c1)C(=O)[O-]. The van der Waals surface area contributed by atoms with Gasteiger partial charge in [0, 0.05) is 17.5 Å². The molecule has 1 aromatic carbocycles. The molecule has 1 aromatic heterocycles. The van der Waals surface area contributed by atoms with Crippen LogP contribution >= 0.6 is 11.8 Å². The minimum atomic E-state index is -1.33. The maximum Gasteiger partial charge on any atom is 0.336 e. The fourth-order valence-corrected chi connectivity index (χ4v) is 2.47. The zero-order chi connectivity index (χ0) is 17.5. The second kappa shape index (κ2) is 8.39. The first-order valence-electron chi connectivity index (χ1n) is 7.15. The number of carboxylic acids is 1. The second-order valence-electron chi connectivity index (χ2n) is 4.96. The van der Waals surface area contributed by atoms with E-state index in [2.05, 4.69) is 5.32 Å². The molecule has 8 heteroatoms. The summed E-state index contributed by atoms with van der Waals surface area (Å²) < 4.78 is 10.3. The minimum absolute atomic E-state index is 0.274. The van der Waals surface area contributed by atoms with Crippen LogP contribution in [-0.2, 0) is 9.59 Å². The van der Waals surface area contributed by atoms with E-state index >= 15 is 0 Å². The molecule has 24 heavy (non-hydrogen) atoms. The molecule has 0 radical (unpaired) electrons. The lowest BCUT2D eigenvalue weighted by atomic mass is 10.2. The van der Waals surface area contributed by atoms with Crippen molar-refractivity contribution in [2.24, 2.45) is 0 Å². The number of aliphatic carboxylic acids is 1. The van der Waals surface area contributed by atoms with Gasteiger partial charge < -0.3 is 24.4 Å². The van der Waals surface area contributed by atoms with Crippen molar-refractivity contribution >= 4 is 34.6 Å². The average molecular weight is 350 g/mol. The summed E-state index contributed by atoms with van der Waals surface area (Å²) in [5, 5.41) is 14.1. The van der Waals surface area contributed by atoms with E-state index in [1.165, 1.54) is 23.9 Å². The van der Waals surface area contributed by atoms with E-state index in [9.17, 15) is 19.5 Å². The van der Waals surface area contributed by atoms with Crippen molar-refractivity contribution in [2.75, 3.05) is 18.6 Å². The number of rotatable bonds is 8. The smallest absolute Gasteiger partial charge is 0.336 e. The lowest BCUT2D eigenvalue weighted by Gasteiger charge is -2.19. The molecule has 1 atom stereocenters. The third-order valence-corrected chi connectivity index (χ3v) is 3.84. The molecule has 1 amide bonds. The lowest BCUT2D eigenvalue weighted by Crippen LogP contribution is -2.49. The van der Waals surface area contributed by atoms with Gasteiger partial charge in [0.15, 0.2) is 6.61 Å². The van der Waals surface area contributed by atoms with Gasteiger partial charge in [-0.15, -0.1) is 0 Å². The summed E-state index contributed by atoms with van der Waals surface area (Å²) in [5.41, 5.74) is -0.143. The van der Waals surface area contributed by atoms with E-state index < -0.39 is 23.5 Å². The Bertz CT molecular complexity index is 787. The van der Waals surface area contributed by atoms with Crippen LogP contribution < -0.4 is 20.8 Å². The Morgan fingerprint density at radius 2 is 2.08 bits per heavy atom. The molecule has 2 aromatic rings. The highest BCUT2D eigenvalue weighted by Crippen LogP contribution is 2.19. The molecule has 0 saturated heterocycles. The van der Waals surface area contributed by atoms with E-state index in [-0.39, 0.29) is 13.0 Å². The number of carbonyl (C=O) groups excluding carboxylic acids is 2. The number of carbonyl (C=O) groups is 2. The molecule has 128 valence electrons. The number of nitrogens with one attached hydrogen (secondary N) is 1. The molecule has 0 aliphatic rings. The number of amides is 1. The summed E-state index contributed by atoms with van der Waals surface area (Å²) in [6.07, 6.45) is 2.12. The Morgan fingerprint density at radius 3 is 2.79 bits per heavy atom. The standard InChI is InChI=1S/C16H17NO6S/c1-24-7-6-12(16(20)21)17-14(18)9-22-11-4-2-10-3-5-15(19)23-13(10)8-11/h2-5,8,12H,6-7,9H2,1H3,(H,17,18)(H,20,21)/p-1/t12-/m1/s1. The molecule has 0 saturated carbocycles. The lowest BCUT2D eigenvalue weighted by molar-refractivity contribution is -0.308. The van der Waals surface area contributed by atoms with E-state index in [0.29, 0.717) is 17.1 Å². The maximum absolute atomic E-state index is 11.8. The van der Waals surface area contributed by atoms with Crippen LogP contribution in [0, 0.1) is 0 Å². The van der Waals surface area contributed by atoms with Gasteiger partial charge in [-0.25, -0.2) is 4.79 Å². The van der Waals surface area contributed by atoms with Crippen molar-refractivity contribution in [3.05, 3.63) is 40.8 Å². The number of ether oxygens (including phenoxy) is 1. The van der Waals surface area contributed by atoms with E-state index in [0.717, 1.165) is 5.39 Å². The van der Waals surface area contributed by atoms with Gasteiger partial charge in [0.25, 0.3) is 5.91 Å². The van der Waals surface area contributed by atoms with Crippen molar-refractivity contribution in [3.63, 3.8) is 0 Å². The normalized spacial score (nSPS) is 11.9. The van der Waals surface area contributed by atoms with Gasteiger partial charge in [0.1, 0.15) is 11.3 Å². The van der Waals surface area contributed by atoms with Gasteiger partial charge in [-0.3, -0.25) is 4.79 Å². The van der Waals surface area contributed by atoms with Crippen LogP contribution in [0.15, 0.2) is 39.5 Å². The fraction of sp³-hybridized carbons (Fsp3) is 0.312. The highest BCUT2D eigenvalue weighted by Gasteiger charge is 2.13. The first kappa shape index (κ1) is 17.9. The minimum Gasteiger partial charge on any atom is -0.548 e. The van der Waals surface area contributed by atoms with E-state index in [4.69, 9.17) is 9.15 Å². The number of benzene rings is 1. The average Bonchev–Trinajstić information content (AvgIpc) is 2.56. The molecule has 0 unspecified atom stereocenters. The molecule has 1 N–H and O–H groups in total. The molecule has 1 heterocycles. The van der Waals surface area contributed by atoms with Crippen LogP contribution in [0.2, 0.25) is 0 Å². The van der Waals surface area contributed by atoms with Crippen molar-refractivity contribution in [3.8, 4) is 5.75 Å². The highest BCUT2D eigenvalue weighted by atomic mass is 32.2. The number of hydrogen-bond donors (Lipinski definition) is 1. The largest absolute Gasteiger partial charge is 0.548 e. The molecule has 0 fully saturated rings. The number of fused-ring (bicyclic) bond motifs is 1. The van der Waals surface area contributed by atoms with E-state index in [1.807, 2.05) is 6.26 Å². The Balaban J connectivity index is 1.95. The topological polar surface area (TPSA) is 109 Å². The fourth-order valence-electron chi connectivity index (χ4n) is 2.00. The summed E-state index contributed by atoms with van der Waals surface area (Å²) in [6, 6.07) is 6.68. The zero-order valence-corrected chi connectivity index (χ0v) is 13.8. The quantitative estimate of drug-likeness (QED) is 0.676. The summed E-state index contributed by atoms with van der Waals surface area (Å²) in [6.45, 7) is -0.356. The first-order chi connectivity index (χ1) is 11.5. The van der Waals surface area contributed by atoms with Gasteiger partial charge in [0.2, 0.25) is 0 Å². The van der Waals surface area contributed by atoms with Crippen molar-refractivity contribution in [1.29, 1.82) is 0 Å². The molecular weight excluding hydrogens is 334 g/mol. The molecule has 0 bridgehead atoms. The van der Waals surface area contributed by atoms with Crippen LogP contribution in [0.1, 0.15) is 6.42 Å². The van der Waals surface area contributed by atoms with Crippen molar-refractivity contribution < 1.29 is 23.8 Å². The van der Waals surface area contributed by atoms with Crippen LogP contribution in [0.5, 0.6) is 5.75 Å². The Labute approximate surface area is 142 Å². The molecule has 0 aliphatic carbocycles. The summed E-state index contributed by atoms with van der Waals surface area (Å²) in [5.74, 6) is -0.977. The highest BCUT2D eigenvalue weighted by molar-refractivity contribution is 7.98. The molecule has 0 aliphatic heterocycles. The van der Waals surface area contributed by atoms with Gasteiger partial charge in [-0.1, -0.05) is 0 Å². The Kier molecular flexibility index (Phi) is 6.25. The van der Waals surface area contributed by atoms with Gasteiger partial charge in [0.05, 0.1) is 12.0 Å². The third-order valence-electron chi connectivity index (χ3n) is 3.19. The summed E-state index contributed by atoms with van der Waals surface area (Å²) in [4.78, 5) is 34.0. The molecule has 0 spiro atoms. The van der Waals surface area contributed by atoms with Crippen LogP contribution in [0.25, 0.3) is 11.0 Å². The van der Waals surface area contributed by atoms with Crippen LogP contribution in [0.3, 0.4) is 0 Å². The Morgan fingerprint density at radius 1 is 1.33 bits per heavy atom. The third kappa shape index (κ3) is 5.02. The van der Waals surface area contributed by atoms with Crippen LogP contribution in [-0.4, -0.2) is 36.5 Å². The van der Waals surface area contributed by atoms with Crippen molar-refractivity contribution in [2.45, 2.75) is 12.5 Å². The summed E-state index contributed by atoms with van der Waals surface area (Å²) in [7, 11) is 0. The molecule has 7 nitrogen and oxygen atoms in total. The Hall–Kier alpha value is -2.48. The first-order valence-corrected chi connectivity index (χ1v) is 8.55.